The lowest BCUT2D eigenvalue weighted by Gasteiger charge is -2.13. The largest absolute Gasteiger partial charge is 0.367 e. The molecule has 1 saturated heterocycles. The predicted octanol–water partition coefficient (Wildman–Crippen LogP) is -1.13. The third kappa shape index (κ3) is 2.45. The van der Waals surface area contributed by atoms with Gasteiger partial charge in [-0.1, -0.05) is 0 Å². The van der Waals surface area contributed by atoms with Crippen LogP contribution in [0.4, 0.5) is 0 Å². The summed E-state index contributed by atoms with van der Waals surface area (Å²) in [5.41, 5.74) is 5.67. The Morgan fingerprint density at radius 2 is 2.36 bits per heavy atom. The first-order chi connectivity index (χ1) is 5.20. The number of hydrogen-bond donors (Lipinski definition) is 2. The van der Waals surface area contributed by atoms with Gasteiger partial charge in [-0.25, -0.2) is 10.2 Å². The normalized spacial score (nSPS) is 24.1. The molecule has 1 aliphatic rings. The SMILES string of the molecule is CN(C)OC(=O)C1CCNN1. The van der Waals surface area contributed by atoms with Gasteiger partial charge in [0.25, 0.3) is 0 Å². The van der Waals surface area contributed by atoms with Gasteiger partial charge in [0, 0.05) is 20.6 Å². The number of carbonyl (C=O) groups is 1. The van der Waals surface area contributed by atoms with Crippen LogP contribution in [0.5, 0.6) is 0 Å². The van der Waals surface area contributed by atoms with Crippen LogP contribution in [-0.4, -0.2) is 37.7 Å². The summed E-state index contributed by atoms with van der Waals surface area (Å²) in [5, 5.41) is 1.39. The monoisotopic (exact) mass is 159 g/mol. The molecule has 1 rings (SSSR count). The van der Waals surface area contributed by atoms with E-state index in [1.807, 2.05) is 0 Å². The highest BCUT2D eigenvalue weighted by molar-refractivity contribution is 5.75. The highest BCUT2D eigenvalue weighted by Gasteiger charge is 2.23. The van der Waals surface area contributed by atoms with Gasteiger partial charge < -0.3 is 4.84 Å². The summed E-state index contributed by atoms with van der Waals surface area (Å²) in [6.07, 6.45) is 0.784. The maximum absolute atomic E-state index is 11.1. The summed E-state index contributed by atoms with van der Waals surface area (Å²) in [7, 11) is 3.36. The van der Waals surface area contributed by atoms with E-state index in [2.05, 4.69) is 10.9 Å². The smallest absolute Gasteiger partial charge is 0.343 e. The molecule has 1 aliphatic heterocycles. The van der Waals surface area contributed by atoms with Crippen LogP contribution in [0.2, 0.25) is 0 Å². The van der Waals surface area contributed by atoms with Crippen molar-refractivity contribution in [2.24, 2.45) is 0 Å². The first-order valence-corrected chi connectivity index (χ1v) is 3.57. The van der Waals surface area contributed by atoms with Crippen molar-refractivity contribution in [3.63, 3.8) is 0 Å². The third-order valence-electron chi connectivity index (χ3n) is 1.39. The summed E-state index contributed by atoms with van der Waals surface area (Å²) < 4.78 is 0. The summed E-state index contributed by atoms with van der Waals surface area (Å²) in [5.74, 6) is -0.236. The Morgan fingerprint density at radius 3 is 2.82 bits per heavy atom. The summed E-state index contributed by atoms with van der Waals surface area (Å²) in [6, 6.07) is -0.197. The van der Waals surface area contributed by atoms with Crippen molar-refractivity contribution < 1.29 is 9.63 Å². The second kappa shape index (κ2) is 3.66. The zero-order valence-electron chi connectivity index (χ0n) is 6.76. The molecule has 0 spiro atoms. The molecular formula is C6H13N3O2. The molecule has 64 valence electrons. The zero-order valence-corrected chi connectivity index (χ0v) is 6.76. The molecule has 0 bridgehead atoms. The van der Waals surface area contributed by atoms with Crippen molar-refractivity contribution in [2.75, 3.05) is 20.6 Å². The maximum Gasteiger partial charge on any atom is 0.343 e. The minimum atomic E-state index is -0.236. The molecule has 5 heteroatoms. The van der Waals surface area contributed by atoms with Gasteiger partial charge in [0.2, 0.25) is 0 Å². The van der Waals surface area contributed by atoms with Gasteiger partial charge in [-0.15, -0.1) is 5.06 Å². The Balaban J connectivity index is 2.28. The Bertz CT molecular complexity index is 143. The highest BCUT2D eigenvalue weighted by atomic mass is 16.7. The Kier molecular flexibility index (Phi) is 2.81. The topological polar surface area (TPSA) is 53.6 Å². The van der Waals surface area contributed by atoms with Gasteiger partial charge in [0.1, 0.15) is 6.04 Å². The van der Waals surface area contributed by atoms with Crippen LogP contribution in [-0.2, 0) is 9.63 Å². The van der Waals surface area contributed by atoms with E-state index in [0.29, 0.717) is 0 Å². The lowest BCUT2D eigenvalue weighted by atomic mass is 10.2. The van der Waals surface area contributed by atoms with E-state index in [9.17, 15) is 4.79 Å². The van der Waals surface area contributed by atoms with Crippen LogP contribution in [0, 0.1) is 0 Å². The number of hydrazine groups is 1. The van der Waals surface area contributed by atoms with Crippen LogP contribution < -0.4 is 10.9 Å². The molecule has 0 amide bonds. The lowest BCUT2D eigenvalue weighted by Crippen LogP contribution is -2.39. The van der Waals surface area contributed by atoms with Crippen molar-refractivity contribution in [1.82, 2.24) is 15.9 Å². The predicted molar refractivity (Wildman–Crippen MR) is 39.3 cm³/mol. The first kappa shape index (κ1) is 8.45. The molecule has 1 unspecified atom stereocenters. The number of carbonyl (C=O) groups excluding carboxylic acids is 1. The molecule has 1 heterocycles. The summed E-state index contributed by atoms with van der Waals surface area (Å²) in [4.78, 5) is 15.9. The molecule has 1 fully saturated rings. The van der Waals surface area contributed by atoms with Crippen LogP contribution in [0.15, 0.2) is 0 Å². The van der Waals surface area contributed by atoms with E-state index in [0.717, 1.165) is 13.0 Å². The van der Waals surface area contributed by atoms with E-state index in [4.69, 9.17) is 4.84 Å². The standard InChI is InChI=1S/C6H13N3O2/c1-9(2)11-6(10)5-3-4-7-8-5/h5,7-8H,3-4H2,1-2H3. The van der Waals surface area contributed by atoms with Crippen molar-refractivity contribution in [3.8, 4) is 0 Å². The molecule has 1 atom stereocenters. The van der Waals surface area contributed by atoms with Crippen molar-refractivity contribution in [1.29, 1.82) is 0 Å². The molecule has 0 aliphatic carbocycles. The van der Waals surface area contributed by atoms with E-state index in [1.165, 1.54) is 5.06 Å². The molecule has 2 N–H and O–H groups in total. The fraction of sp³-hybridized carbons (Fsp3) is 0.833. The second-order valence-corrected chi connectivity index (χ2v) is 2.64. The van der Waals surface area contributed by atoms with E-state index in [-0.39, 0.29) is 12.0 Å². The molecule has 0 saturated carbocycles. The number of hydrogen-bond acceptors (Lipinski definition) is 5. The molecule has 11 heavy (non-hydrogen) atoms. The van der Waals surface area contributed by atoms with Crippen LogP contribution in [0.3, 0.4) is 0 Å². The van der Waals surface area contributed by atoms with Crippen molar-refractivity contribution in [2.45, 2.75) is 12.5 Å². The quantitative estimate of drug-likeness (QED) is 0.499. The second-order valence-electron chi connectivity index (χ2n) is 2.64. The van der Waals surface area contributed by atoms with Gasteiger partial charge in [-0.2, -0.15) is 0 Å². The number of nitrogens with one attached hydrogen (secondary N) is 2. The molecule has 0 aromatic carbocycles. The minimum Gasteiger partial charge on any atom is -0.367 e. The molecular weight excluding hydrogens is 146 g/mol. The lowest BCUT2D eigenvalue weighted by molar-refractivity contribution is -0.180. The third-order valence-corrected chi connectivity index (χ3v) is 1.39. The zero-order chi connectivity index (χ0) is 8.27. The molecule has 0 aromatic rings. The van der Waals surface area contributed by atoms with Gasteiger partial charge in [0.05, 0.1) is 0 Å². The maximum atomic E-state index is 11.1. The van der Waals surface area contributed by atoms with Crippen LogP contribution in [0.25, 0.3) is 0 Å². The minimum absolute atomic E-state index is 0.197. The fourth-order valence-electron chi connectivity index (χ4n) is 0.904. The summed E-state index contributed by atoms with van der Waals surface area (Å²) >= 11 is 0. The van der Waals surface area contributed by atoms with Crippen LogP contribution >= 0.6 is 0 Å². The highest BCUT2D eigenvalue weighted by Crippen LogP contribution is 1.98. The van der Waals surface area contributed by atoms with Gasteiger partial charge in [0.15, 0.2) is 0 Å². The fourth-order valence-corrected chi connectivity index (χ4v) is 0.904. The first-order valence-electron chi connectivity index (χ1n) is 3.57. The van der Waals surface area contributed by atoms with E-state index >= 15 is 0 Å². The van der Waals surface area contributed by atoms with E-state index in [1.54, 1.807) is 14.1 Å². The van der Waals surface area contributed by atoms with Gasteiger partial charge in [-0.3, -0.25) is 5.43 Å². The van der Waals surface area contributed by atoms with E-state index < -0.39 is 0 Å². The number of rotatable bonds is 2. The molecule has 0 radical (unpaired) electrons. The van der Waals surface area contributed by atoms with Crippen LogP contribution in [0.1, 0.15) is 6.42 Å². The number of hydroxylamine groups is 2. The Hall–Kier alpha value is -0.650. The van der Waals surface area contributed by atoms with Crippen molar-refractivity contribution in [3.05, 3.63) is 0 Å². The van der Waals surface area contributed by atoms with Gasteiger partial charge >= 0.3 is 5.97 Å². The number of nitrogens with zero attached hydrogens (tertiary/aromatic N) is 1. The molecule has 0 aromatic heterocycles. The Morgan fingerprint density at radius 1 is 1.64 bits per heavy atom. The van der Waals surface area contributed by atoms with Gasteiger partial charge in [-0.05, 0) is 6.42 Å². The van der Waals surface area contributed by atoms with Crippen molar-refractivity contribution >= 4 is 5.97 Å². The average molecular weight is 159 g/mol. The molecule has 5 nitrogen and oxygen atoms in total. The average Bonchev–Trinajstić information content (AvgIpc) is 2.35. The summed E-state index contributed by atoms with van der Waals surface area (Å²) in [6.45, 7) is 0.813. The Labute approximate surface area is 65.6 Å².